The second kappa shape index (κ2) is 8.61. The van der Waals surface area contributed by atoms with Gasteiger partial charge in [0.15, 0.2) is 0 Å². The molecular weight excluding hydrogens is 323 g/mol. The second-order valence-corrected chi connectivity index (χ2v) is 6.43. The molecule has 0 aromatic heterocycles. The fourth-order valence-corrected chi connectivity index (χ4v) is 2.86. The maximum Gasteiger partial charge on any atom is 0.220 e. The standard InChI is InChI=1S/C16H22Cl2N2O2/c1-11-10-19-8-7-13(11)20-15(21)6-3-9-22-14-5-2-4-12(17)16(14)18/h2,4-5,11,13,19H,3,6-10H2,1H3,(H,20,21). The van der Waals surface area contributed by atoms with Crippen LogP contribution in [0.3, 0.4) is 0 Å². The monoisotopic (exact) mass is 344 g/mol. The summed E-state index contributed by atoms with van der Waals surface area (Å²) in [6, 6.07) is 5.54. The Hall–Kier alpha value is -0.970. The van der Waals surface area contributed by atoms with Gasteiger partial charge in [0.1, 0.15) is 10.8 Å². The van der Waals surface area contributed by atoms with Crippen molar-refractivity contribution in [3.8, 4) is 5.75 Å². The molecule has 0 bridgehead atoms. The number of hydrogen-bond donors (Lipinski definition) is 2. The van der Waals surface area contributed by atoms with Gasteiger partial charge in [0.25, 0.3) is 0 Å². The van der Waals surface area contributed by atoms with Crippen molar-refractivity contribution >= 4 is 29.1 Å². The van der Waals surface area contributed by atoms with Gasteiger partial charge in [-0.2, -0.15) is 0 Å². The van der Waals surface area contributed by atoms with Crippen LogP contribution in [0.4, 0.5) is 0 Å². The largest absolute Gasteiger partial charge is 0.492 e. The number of carbonyl (C=O) groups excluding carboxylic acids is 1. The van der Waals surface area contributed by atoms with Crippen LogP contribution in [-0.4, -0.2) is 31.6 Å². The van der Waals surface area contributed by atoms with E-state index < -0.39 is 0 Å². The SMILES string of the molecule is CC1CNCCC1NC(=O)CCCOc1cccc(Cl)c1Cl. The fourth-order valence-electron chi connectivity index (χ4n) is 2.52. The van der Waals surface area contributed by atoms with E-state index in [0.717, 1.165) is 19.5 Å². The predicted molar refractivity (Wildman–Crippen MR) is 89.8 cm³/mol. The molecule has 1 aromatic rings. The number of amides is 1. The van der Waals surface area contributed by atoms with Crippen molar-refractivity contribution in [1.29, 1.82) is 0 Å². The summed E-state index contributed by atoms with van der Waals surface area (Å²) in [6.07, 6.45) is 2.09. The third kappa shape index (κ3) is 5.04. The molecule has 6 heteroatoms. The van der Waals surface area contributed by atoms with Gasteiger partial charge in [-0.1, -0.05) is 36.2 Å². The zero-order valence-corrected chi connectivity index (χ0v) is 14.2. The van der Waals surface area contributed by atoms with E-state index in [9.17, 15) is 4.79 Å². The molecule has 0 saturated carbocycles. The zero-order valence-electron chi connectivity index (χ0n) is 12.7. The minimum Gasteiger partial charge on any atom is -0.492 e. The lowest BCUT2D eigenvalue weighted by molar-refractivity contribution is -0.122. The summed E-state index contributed by atoms with van der Waals surface area (Å²) in [5.41, 5.74) is 0. The molecule has 22 heavy (non-hydrogen) atoms. The van der Waals surface area contributed by atoms with Crippen molar-refractivity contribution < 1.29 is 9.53 Å². The van der Waals surface area contributed by atoms with Gasteiger partial charge >= 0.3 is 0 Å². The second-order valence-electron chi connectivity index (χ2n) is 5.65. The first-order chi connectivity index (χ1) is 10.6. The van der Waals surface area contributed by atoms with Crippen LogP contribution in [-0.2, 0) is 4.79 Å². The fraction of sp³-hybridized carbons (Fsp3) is 0.562. The first-order valence-corrected chi connectivity index (χ1v) is 8.40. The van der Waals surface area contributed by atoms with Gasteiger partial charge < -0.3 is 15.4 Å². The third-order valence-corrected chi connectivity index (χ3v) is 4.66. The van der Waals surface area contributed by atoms with Crippen molar-refractivity contribution in [3.63, 3.8) is 0 Å². The summed E-state index contributed by atoms with van der Waals surface area (Å²) < 4.78 is 5.57. The van der Waals surface area contributed by atoms with E-state index in [2.05, 4.69) is 17.6 Å². The summed E-state index contributed by atoms with van der Waals surface area (Å²) in [5, 5.41) is 7.31. The summed E-state index contributed by atoms with van der Waals surface area (Å²) >= 11 is 12.0. The first-order valence-electron chi connectivity index (χ1n) is 7.65. The van der Waals surface area contributed by atoms with Gasteiger partial charge in [-0.3, -0.25) is 4.79 Å². The molecule has 1 saturated heterocycles. The summed E-state index contributed by atoms with van der Waals surface area (Å²) in [6.45, 7) is 4.52. The number of ether oxygens (including phenoxy) is 1. The number of nitrogens with one attached hydrogen (secondary N) is 2. The number of carbonyl (C=O) groups is 1. The Morgan fingerprint density at radius 1 is 1.45 bits per heavy atom. The maximum atomic E-state index is 12.0. The minimum atomic E-state index is 0.0829. The van der Waals surface area contributed by atoms with Crippen LogP contribution >= 0.6 is 23.2 Å². The molecule has 0 aliphatic carbocycles. The Morgan fingerprint density at radius 2 is 2.27 bits per heavy atom. The highest BCUT2D eigenvalue weighted by atomic mass is 35.5. The smallest absolute Gasteiger partial charge is 0.220 e. The van der Waals surface area contributed by atoms with Crippen LogP contribution < -0.4 is 15.4 Å². The van der Waals surface area contributed by atoms with Crippen molar-refractivity contribution in [2.24, 2.45) is 5.92 Å². The van der Waals surface area contributed by atoms with Gasteiger partial charge in [0.05, 0.1) is 11.6 Å². The Balaban J connectivity index is 1.67. The molecule has 2 atom stereocenters. The lowest BCUT2D eigenvalue weighted by atomic mass is 9.95. The lowest BCUT2D eigenvalue weighted by Crippen LogP contribution is -2.48. The molecule has 122 valence electrons. The average Bonchev–Trinajstić information content (AvgIpc) is 2.50. The van der Waals surface area contributed by atoms with Crippen molar-refractivity contribution in [2.75, 3.05) is 19.7 Å². The van der Waals surface area contributed by atoms with Crippen LogP contribution in [0.5, 0.6) is 5.75 Å². The molecule has 1 aliphatic rings. The van der Waals surface area contributed by atoms with Gasteiger partial charge in [0.2, 0.25) is 5.91 Å². The van der Waals surface area contributed by atoms with Crippen LogP contribution in [0.25, 0.3) is 0 Å². The molecule has 2 rings (SSSR count). The summed E-state index contributed by atoms with van der Waals surface area (Å²) in [5.74, 6) is 1.11. The van der Waals surface area contributed by atoms with Crippen LogP contribution in [0.15, 0.2) is 18.2 Å². The maximum absolute atomic E-state index is 12.0. The minimum absolute atomic E-state index is 0.0829. The molecule has 0 radical (unpaired) electrons. The van der Waals surface area contributed by atoms with Crippen LogP contribution in [0, 0.1) is 5.92 Å². The van der Waals surface area contributed by atoms with E-state index in [4.69, 9.17) is 27.9 Å². The van der Waals surface area contributed by atoms with E-state index >= 15 is 0 Å². The zero-order chi connectivity index (χ0) is 15.9. The van der Waals surface area contributed by atoms with Crippen molar-refractivity contribution in [2.45, 2.75) is 32.2 Å². The van der Waals surface area contributed by atoms with Gasteiger partial charge in [-0.25, -0.2) is 0 Å². The number of benzene rings is 1. The van der Waals surface area contributed by atoms with E-state index in [1.54, 1.807) is 18.2 Å². The Labute approximate surface area is 141 Å². The number of hydrogen-bond acceptors (Lipinski definition) is 3. The Morgan fingerprint density at radius 3 is 3.05 bits per heavy atom. The predicted octanol–water partition coefficient (Wildman–Crippen LogP) is 3.27. The highest BCUT2D eigenvalue weighted by Crippen LogP contribution is 2.31. The topological polar surface area (TPSA) is 50.4 Å². The van der Waals surface area contributed by atoms with E-state index in [1.807, 2.05) is 0 Å². The molecule has 4 nitrogen and oxygen atoms in total. The number of piperidine rings is 1. The van der Waals surface area contributed by atoms with Crippen LogP contribution in [0.2, 0.25) is 10.0 Å². The van der Waals surface area contributed by atoms with Gasteiger partial charge in [0, 0.05) is 12.5 Å². The summed E-state index contributed by atoms with van der Waals surface area (Å²) in [7, 11) is 0. The number of rotatable bonds is 6. The quantitative estimate of drug-likeness (QED) is 0.778. The molecule has 0 spiro atoms. The Kier molecular flexibility index (Phi) is 6.80. The molecule has 2 unspecified atom stereocenters. The molecule has 1 heterocycles. The Bertz CT molecular complexity index is 511. The van der Waals surface area contributed by atoms with Crippen LogP contribution in [0.1, 0.15) is 26.2 Å². The van der Waals surface area contributed by atoms with E-state index in [0.29, 0.717) is 41.2 Å². The first kappa shape index (κ1) is 17.4. The molecule has 1 aromatic carbocycles. The average molecular weight is 345 g/mol. The molecule has 1 aliphatic heterocycles. The van der Waals surface area contributed by atoms with Crippen molar-refractivity contribution in [1.82, 2.24) is 10.6 Å². The summed E-state index contributed by atoms with van der Waals surface area (Å²) in [4.78, 5) is 12.0. The normalized spacial score (nSPS) is 21.4. The third-order valence-electron chi connectivity index (χ3n) is 3.85. The van der Waals surface area contributed by atoms with Gasteiger partial charge in [-0.05, 0) is 44.0 Å². The number of halogens is 2. The van der Waals surface area contributed by atoms with Crippen molar-refractivity contribution in [3.05, 3.63) is 28.2 Å². The molecule has 2 N–H and O–H groups in total. The van der Waals surface area contributed by atoms with E-state index in [1.165, 1.54) is 0 Å². The lowest BCUT2D eigenvalue weighted by Gasteiger charge is -2.30. The van der Waals surface area contributed by atoms with Gasteiger partial charge in [-0.15, -0.1) is 0 Å². The highest BCUT2D eigenvalue weighted by molar-refractivity contribution is 6.42. The molecule has 1 fully saturated rings. The molecular formula is C16H22Cl2N2O2. The highest BCUT2D eigenvalue weighted by Gasteiger charge is 2.22. The van der Waals surface area contributed by atoms with E-state index in [-0.39, 0.29) is 11.9 Å². The molecule has 1 amide bonds.